The zero-order chi connectivity index (χ0) is 16.4. The molecule has 0 spiro atoms. The largest absolute Gasteiger partial charge is 0.361 e. The van der Waals surface area contributed by atoms with Crippen molar-refractivity contribution in [1.82, 2.24) is 15.5 Å². The molecule has 3 rings (SSSR count). The molecule has 0 unspecified atom stereocenters. The zero-order valence-corrected chi connectivity index (χ0v) is 13.7. The van der Waals surface area contributed by atoms with Gasteiger partial charge in [-0.15, -0.1) is 0 Å². The Hall–Kier alpha value is -2.56. The summed E-state index contributed by atoms with van der Waals surface area (Å²) in [6.07, 6.45) is 3.12. The number of aromatic amines is 1. The summed E-state index contributed by atoms with van der Waals surface area (Å²) in [5.74, 6) is 0.509. The average Bonchev–Trinajstić information content (AvgIpc) is 3.11. The Morgan fingerprint density at radius 2 is 2.17 bits per heavy atom. The lowest BCUT2D eigenvalue weighted by molar-refractivity contribution is 0.0949. The van der Waals surface area contributed by atoms with Crippen LogP contribution < -0.4 is 5.32 Å². The summed E-state index contributed by atoms with van der Waals surface area (Å²) >= 11 is 0. The predicted molar refractivity (Wildman–Crippen MR) is 89.4 cm³/mol. The number of rotatable bonds is 5. The van der Waals surface area contributed by atoms with Gasteiger partial charge in [-0.2, -0.15) is 0 Å². The number of fused-ring (bicyclic) bond motifs is 1. The molecule has 2 aromatic heterocycles. The fourth-order valence-electron chi connectivity index (χ4n) is 2.75. The second kappa shape index (κ2) is 6.28. The second-order valence-electron chi connectivity index (χ2n) is 5.85. The molecular weight excluding hydrogens is 290 g/mol. The van der Waals surface area contributed by atoms with E-state index in [4.69, 9.17) is 4.52 Å². The van der Waals surface area contributed by atoms with Crippen LogP contribution in [0.4, 0.5) is 0 Å². The van der Waals surface area contributed by atoms with Crippen molar-refractivity contribution in [1.29, 1.82) is 0 Å². The molecule has 0 bridgehead atoms. The molecule has 0 radical (unpaired) electrons. The highest BCUT2D eigenvalue weighted by atomic mass is 16.5. The lowest BCUT2D eigenvalue weighted by atomic mass is 10.1. The number of aromatic nitrogens is 2. The highest BCUT2D eigenvalue weighted by Crippen LogP contribution is 2.22. The van der Waals surface area contributed by atoms with Gasteiger partial charge < -0.3 is 14.8 Å². The van der Waals surface area contributed by atoms with Crippen LogP contribution in [0.25, 0.3) is 10.9 Å². The van der Waals surface area contributed by atoms with Gasteiger partial charge in [-0.25, -0.2) is 0 Å². The zero-order valence-electron chi connectivity index (χ0n) is 13.7. The third kappa shape index (κ3) is 2.99. The molecule has 5 heteroatoms. The third-order valence-corrected chi connectivity index (χ3v) is 4.19. The van der Waals surface area contributed by atoms with E-state index < -0.39 is 0 Å². The van der Waals surface area contributed by atoms with Gasteiger partial charge in [0.15, 0.2) is 0 Å². The van der Waals surface area contributed by atoms with E-state index >= 15 is 0 Å². The van der Waals surface area contributed by atoms with Crippen LogP contribution in [0, 0.1) is 13.8 Å². The van der Waals surface area contributed by atoms with E-state index in [-0.39, 0.29) is 5.91 Å². The standard InChI is InChI=1S/C18H21N3O2/c1-4-5-17-15(10-20-23-17)18(22)19-9-13-6-7-16-14(8-13)11(2)12(3)21-16/h6-8,10,21H,4-5,9H2,1-3H3,(H,19,22). The minimum absolute atomic E-state index is 0.142. The molecule has 1 aromatic carbocycles. The molecule has 0 fully saturated rings. The van der Waals surface area contributed by atoms with Gasteiger partial charge in [0.25, 0.3) is 5.91 Å². The van der Waals surface area contributed by atoms with Crippen LogP contribution in [0.1, 0.15) is 46.3 Å². The number of hydrogen-bond acceptors (Lipinski definition) is 3. The number of carbonyl (C=O) groups excluding carboxylic acids is 1. The van der Waals surface area contributed by atoms with E-state index in [1.165, 1.54) is 22.8 Å². The van der Waals surface area contributed by atoms with Gasteiger partial charge in [-0.1, -0.05) is 18.1 Å². The monoisotopic (exact) mass is 311 g/mol. The van der Waals surface area contributed by atoms with Crippen molar-refractivity contribution in [3.05, 3.63) is 52.5 Å². The quantitative estimate of drug-likeness (QED) is 0.755. The molecule has 0 aliphatic heterocycles. The molecule has 3 aromatic rings. The van der Waals surface area contributed by atoms with Crippen LogP contribution in [-0.4, -0.2) is 16.0 Å². The molecule has 0 saturated heterocycles. The lowest BCUT2D eigenvalue weighted by Gasteiger charge is -2.05. The molecule has 5 nitrogen and oxygen atoms in total. The first kappa shape index (κ1) is 15.3. The van der Waals surface area contributed by atoms with Crippen molar-refractivity contribution in [3.8, 4) is 0 Å². The molecule has 1 amide bonds. The van der Waals surface area contributed by atoms with Crippen LogP contribution in [0.2, 0.25) is 0 Å². The molecule has 2 heterocycles. The number of nitrogens with one attached hydrogen (secondary N) is 2. The average molecular weight is 311 g/mol. The number of hydrogen-bond donors (Lipinski definition) is 2. The lowest BCUT2D eigenvalue weighted by Crippen LogP contribution is -2.23. The van der Waals surface area contributed by atoms with E-state index in [1.807, 2.05) is 13.0 Å². The van der Waals surface area contributed by atoms with Crippen molar-refractivity contribution in [2.45, 2.75) is 40.2 Å². The van der Waals surface area contributed by atoms with Crippen molar-refractivity contribution in [2.24, 2.45) is 0 Å². The summed E-state index contributed by atoms with van der Waals surface area (Å²) in [7, 11) is 0. The molecule has 0 atom stereocenters. The Morgan fingerprint density at radius 3 is 2.96 bits per heavy atom. The molecule has 0 aliphatic carbocycles. The second-order valence-corrected chi connectivity index (χ2v) is 5.85. The number of carbonyl (C=O) groups is 1. The van der Waals surface area contributed by atoms with E-state index in [0.29, 0.717) is 17.9 Å². The van der Waals surface area contributed by atoms with Crippen LogP contribution in [0.15, 0.2) is 28.9 Å². The molecular formula is C18H21N3O2. The number of aryl methyl sites for hydroxylation is 3. The highest BCUT2D eigenvalue weighted by Gasteiger charge is 2.15. The summed E-state index contributed by atoms with van der Waals surface area (Å²) in [4.78, 5) is 15.6. The van der Waals surface area contributed by atoms with Gasteiger partial charge in [-0.3, -0.25) is 4.79 Å². The van der Waals surface area contributed by atoms with E-state index in [0.717, 1.165) is 23.9 Å². The highest BCUT2D eigenvalue weighted by molar-refractivity contribution is 5.94. The molecule has 0 aliphatic rings. The van der Waals surface area contributed by atoms with Crippen molar-refractivity contribution in [3.63, 3.8) is 0 Å². The Balaban J connectivity index is 1.73. The topological polar surface area (TPSA) is 70.9 Å². The SMILES string of the molecule is CCCc1oncc1C(=O)NCc1ccc2[nH]c(C)c(C)c2c1. The smallest absolute Gasteiger partial charge is 0.256 e. The van der Waals surface area contributed by atoms with Crippen LogP contribution in [0.3, 0.4) is 0 Å². The summed E-state index contributed by atoms with van der Waals surface area (Å²) in [5.41, 5.74) is 5.15. The van der Waals surface area contributed by atoms with Gasteiger partial charge in [0.2, 0.25) is 0 Å². The fraction of sp³-hybridized carbons (Fsp3) is 0.333. The first-order chi connectivity index (χ1) is 11.1. The molecule has 23 heavy (non-hydrogen) atoms. The van der Waals surface area contributed by atoms with Crippen molar-refractivity contribution < 1.29 is 9.32 Å². The summed E-state index contributed by atoms with van der Waals surface area (Å²) in [6, 6.07) is 6.20. The van der Waals surface area contributed by atoms with Crippen LogP contribution in [0.5, 0.6) is 0 Å². The van der Waals surface area contributed by atoms with Crippen LogP contribution in [-0.2, 0) is 13.0 Å². The maximum absolute atomic E-state index is 12.3. The number of benzene rings is 1. The first-order valence-corrected chi connectivity index (χ1v) is 7.89. The molecule has 2 N–H and O–H groups in total. The molecule has 120 valence electrons. The summed E-state index contributed by atoms with van der Waals surface area (Å²) in [6.45, 7) is 6.69. The van der Waals surface area contributed by atoms with E-state index in [9.17, 15) is 4.79 Å². The number of amides is 1. The maximum Gasteiger partial charge on any atom is 0.256 e. The van der Waals surface area contributed by atoms with Gasteiger partial charge in [0.05, 0.1) is 6.20 Å². The number of nitrogens with zero attached hydrogens (tertiary/aromatic N) is 1. The van der Waals surface area contributed by atoms with Gasteiger partial charge >= 0.3 is 0 Å². The Morgan fingerprint density at radius 1 is 1.35 bits per heavy atom. The van der Waals surface area contributed by atoms with E-state index in [1.54, 1.807) is 0 Å². The third-order valence-electron chi connectivity index (χ3n) is 4.19. The van der Waals surface area contributed by atoms with Gasteiger partial charge in [-0.05, 0) is 43.5 Å². The first-order valence-electron chi connectivity index (χ1n) is 7.89. The predicted octanol–water partition coefficient (Wildman–Crippen LogP) is 3.66. The van der Waals surface area contributed by atoms with Crippen LogP contribution >= 0.6 is 0 Å². The Bertz CT molecular complexity index is 845. The maximum atomic E-state index is 12.3. The normalized spacial score (nSPS) is 11.1. The summed E-state index contributed by atoms with van der Waals surface area (Å²) < 4.78 is 5.14. The van der Waals surface area contributed by atoms with Gasteiger partial charge in [0, 0.05) is 29.6 Å². The minimum Gasteiger partial charge on any atom is -0.361 e. The van der Waals surface area contributed by atoms with Gasteiger partial charge in [0.1, 0.15) is 11.3 Å². The summed E-state index contributed by atoms with van der Waals surface area (Å²) in [5, 5.41) is 7.87. The Kier molecular flexibility index (Phi) is 4.19. The van der Waals surface area contributed by atoms with Crippen molar-refractivity contribution in [2.75, 3.05) is 0 Å². The molecule has 0 saturated carbocycles. The Labute approximate surface area is 135 Å². The fourth-order valence-corrected chi connectivity index (χ4v) is 2.75. The minimum atomic E-state index is -0.142. The number of H-pyrrole nitrogens is 1. The van der Waals surface area contributed by atoms with E-state index in [2.05, 4.69) is 41.4 Å². The van der Waals surface area contributed by atoms with Crippen molar-refractivity contribution >= 4 is 16.8 Å².